The van der Waals surface area contributed by atoms with Gasteiger partial charge >= 0.3 is 5.97 Å². The lowest BCUT2D eigenvalue weighted by atomic mass is 10.1. The van der Waals surface area contributed by atoms with Crippen molar-refractivity contribution in [2.75, 3.05) is 35.4 Å². The van der Waals surface area contributed by atoms with E-state index in [4.69, 9.17) is 0 Å². The van der Waals surface area contributed by atoms with E-state index >= 15 is 0 Å². The van der Waals surface area contributed by atoms with Crippen LogP contribution in [0.15, 0.2) is 54.6 Å². The maximum atomic E-state index is 12.9. The average molecular weight is 402 g/mol. The number of methoxy groups -OCH3 is 1. The van der Waals surface area contributed by atoms with Crippen molar-refractivity contribution in [1.29, 1.82) is 0 Å². The number of anilines is 2. The Morgan fingerprint density at radius 2 is 1.79 bits per heavy atom. The molecule has 8 heteroatoms. The summed E-state index contributed by atoms with van der Waals surface area (Å²) in [7, 11) is -1.81. The number of ether oxygens (including phenoxy) is 1. The second-order valence-electron chi connectivity index (χ2n) is 6.58. The largest absolute Gasteiger partial charge is 0.465 e. The van der Waals surface area contributed by atoms with Gasteiger partial charge in [0.25, 0.3) is 0 Å². The number of nitrogens with one attached hydrogen (secondary N) is 1. The zero-order valence-electron chi connectivity index (χ0n) is 15.5. The molecule has 0 unspecified atom stereocenters. The fourth-order valence-corrected chi connectivity index (χ4v) is 4.93. The van der Waals surface area contributed by atoms with Crippen LogP contribution in [0.4, 0.5) is 11.4 Å². The van der Waals surface area contributed by atoms with Gasteiger partial charge in [-0.05, 0) is 42.8 Å². The minimum absolute atomic E-state index is 0.00299. The summed E-state index contributed by atoms with van der Waals surface area (Å²) in [4.78, 5) is 26.0. The fraction of sp³-hybridized carbons (Fsp3) is 0.300. The topological polar surface area (TPSA) is 92.8 Å². The number of hydrogen-bond acceptors (Lipinski definition) is 6. The van der Waals surface area contributed by atoms with Crippen molar-refractivity contribution in [3.05, 3.63) is 60.2 Å². The van der Waals surface area contributed by atoms with E-state index in [-0.39, 0.29) is 30.0 Å². The van der Waals surface area contributed by atoms with Crippen molar-refractivity contribution >= 4 is 33.1 Å². The number of amides is 1. The number of benzene rings is 2. The molecule has 1 atom stereocenters. The molecule has 1 aliphatic rings. The number of carbonyl (C=O) groups excluding carboxylic acids is 2. The molecule has 2 aromatic rings. The second kappa shape index (κ2) is 8.43. The van der Waals surface area contributed by atoms with Crippen molar-refractivity contribution < 1.29 is 22.7 Å². The molecule has 1 heterocycles. The molecule has 148 valence electrons. The molecule has 1 amide bonds. The van der Waals surface area contributed by atoms with Crippen molar-refractivity contribution in [3.63, 3.8) is 0 Å². The van der Waals surface area contributed by atoms with Crippen LogP contribution in [0.2, 0.25) is 0 Å². The third-order valence-electron chi connectivity index (χ3n) is 4.63. The molecule has 1 fully saturated rings. The Kier molecular flexibility index (Phi) is 5.99. The van der Waals surface area contributed by atoms with E-state index in [0.29, 0.717) is 23.4 Å². The summed E-state index contributed by atoms with van der Waals surface area (Å²) >= 11 is 0. The normalized spacial score (nSPS) is 17.7. The first-order valence-electron chi connectivity index (χ1n) is 8.89. The SMILES string of the molecule is COC(=O)c1ccc(NCC(=O)N(c2ccccc2)[C@@H]2CCS(=O)(=O)C2)cc1. The molecule has 0 aromatic heterocycles. The van der Waals surface area contributed by atoms with Gasteiger partial charge in [0.05, 0.1) is 36.8 Å². The van der Waals surface area contributed by atoms with Gasteiger partial charge in [-0.15, -0.1) is 0 Å². The monoisotopic (exact) mass is 402 g/mol. The van der Waals surface area contributed by atoms with Gasteiger partial charge in [0.15, 0.2) is 9.84 Å². The number of carbonyl (C=O) groups is 2. The lowest BCUT2D eigenvalue weighted by Gasteiger charge is -2.28. The molecule has 1 aliphatic heterocycles. The maximum Gasteiger partial charge on any atom is 0.337 e. The molecule has 28 heavy (non-hydrogen) atoms. The van der Waals surface area contributed by atoms with Gasteiger partial charge in [-0.3, -0.25) is 4.79 Å². The van der Waals surface area contributed by atoms with E-state index in [2.05, 4.69) is 10.1 Å². The first-order chi connectivity index (χ1) is 13.4. The number of rotatable bonds is 6. The molecule has 0 aliphatic carbocycles. The first-order valence-corrected chi connectivity index (χ1v) is 10.7. The molecule has 0 spiro atoms. The summed E-state index contributed by atoms with van der Waals surface area (Å²) < 4.78 is 28.5. The second-order valence-corrected chi connectivity index (χ2v) is 8.81. The lowest BCUT2D eigenvalue weighted by Crippen LogP contribution is -2.44. The highest BCUT2D eigenvalue weighted by atomic mass is 32.2. The Morgan fingerprint density at radius 1 is 1.11 bits per heavy atom. The molecule has 3 rings (SSSR count). The highest BCUT2D eigenvalue weighted by Gasteiger charge is 2.35. The summed E-state index contributed by atoms with van der Waals surface area (Å²) in [5, 5.41) is 3.03. The predicted molar refractivity (Wildman–Crippen MR) is 107 cm³/mol. The fourth-order valence-electron chi connectivity index (χ4n) is 3.23. The average Bonchev–Trinajstić information content (AvgIpc) is 3.06. The van der Waals surface area contributed by atoms with Crippen molar-refractivity contribution in [1.82, 2.24) is 0 Å². The first kappa shape index (κ1) is 19.9. The molecule has 7 nitrogen and oxygen atoms in total. The number of sulfone groups is 1. The number of esters is 1. The van der Waals surface area contributed by atoms with Crippen LogP contribution >= 0.6 is 0 Å². The molecular weight excluding hydrogens is 380 g/mol. The van der Waals surface area contributed by atoms with E-state index in [1.807, 2.05) is 18.2 Å². The highest BCUT2D eigenvalue weighted by Crippen LogP contribution is 2.24. The van der Waals surface area contributed by atoms with Crippen molar-refractivity contribution in [3.8, 4) is 0 Å². The van der Waals surface area contributed by atoms with Crippen LogP contribution in [0.1, 0.15) is 16.8 Å². The Balaban J connectivity index is 1.72. The van der Waals surface area contributed by atoms with Gasteiger partial charge in [-0.25, -0.2) is 13.2 Å². The molecule has 2 aromatic carbocycles. The van der Waals surface area contributed by atoms with Crippen LogP contribution in [0.3, 0.4) is 0 Å². The Labute approximate surface area is 164 Å². The van der Waals surface area contributed by atoms with Gasteiger partial charge in [-0.1, -0.05) is 18.2 Å². The molecule has 1 N–H and O–H groups in total. The van der Waals surface area contributed by atoms with Crippen molar-refractivity contribution in [2.24, 2.45) is 0 Å². The van der Waals surface area contributed by atoms with E-state index in [9.17, 15) is 18.0 Å². The third-order valence-corrected chi connectivity index (χ3v) is 6.38. The Bertz CT molecular complexity index is 942. The van der Waals surface area contributed by atoms with Crippen LogP contribution in [0, 0.1) is 0 Å². The summed E-state index contributed by atoms with van der Waals surface area (Å²) in [6, 6.07) is 15.3. The van der Waals surface area contributed by atoms with Gasteiger partial charge in [0, 0.05) is 11.4 Å². The van der Waals surface area contributed by atoms with E-state index < -0.39 is 15.8 Å². The summed E-state index contributed by atoms with van der Waals surface area (Å²) in [6.45, 7) is 0.00299. The number of hydrogen-bond donors (Lipinski definition) is 1. The third kappa shape index (κ3) is 4.69. The van der Waals surface area contributed by atoms with Crippen LogP contribution in [-0.2, 0) is 19.4 Å². The Morgan fingerprint density at radius 3 is 2.36 bits per heavy atom. The molecule has 1 saturated heterocycles. The van der Waals surface area contributed by atoms with Gasteiger partial charge < -0.3 is 15.0 Å². The van der Waals surface area contributed by atoms with Crippen LogP contribution in [-0.4, -0.2) is 51.5 Å². The molecule has 0 saturated carbocycles. The van der Waals surface area contributed by atoms with Gasteiger partial charge in [0.2, 0.25) is 5.91 Å². The lowest BCUT2D eigenvalue weighted by molar-refractivity contribution is -0.117. The van der Waals surface area contributed by atoms with E-state index in [1.165, 1.54) is 7.11 Å². The summed E-state index contributed by atoms with van der Waals surface area (Å²) in [5.41, 5.74) is 1.77. The maximum absolute atomic E-state index is 12.9. The quantitative estimate of drug-likeness (QED) is 0.744. The zero-order chi connectivity index (χ0) is 20.1. The minimum atomic E-state index is -3.12. The van der Waals surface area contributed by atoms with E-state index in [1.54, 1.807) is 41.3 Å². The Hall–Kier alpha value is -2.87. The van der Waals surface area contributed by atoms with Crippen LogP contribution in [0.25, 0.3) is 0 Å². The minimum Gasteiger partial charge on any atom is -0.465 e. The van der Waals surface area contributed by atoms with Crippen LogP contribution < -0.4 is 10.2 Å². The predicted octanol–water partition coefficient (Wildman–Crippen LogP) is 2.11. The molecule has 0 radical (unpaired) electrons. The number of nitrogens with zero attached hydrogens (tertiary/aromatic N) is 1. The van der Waals surface area contributed by atoms with Gasteiger partial charge in [0.1, 0.15) is 0 Å². The zero-order valence-corrected chi connectivity index (χ0v) is 16.3. The van der Waals surface area contributed by atoms with E-state index in [0.717, 1.165) is 0 Å². The van der Waals surface area contributed by atoms with Crippen LogP contribution in [0.5, 0.6) is 0 Å². The molecule has 0 bridgehead atoms. The summed E-state index contributed by atoms with van der Waals surface area (Å²) in [5.74, 6) is -0.580. The number of para-hydroxylation sites is 1. The smallest absolute Gasteiger partial charge is 0.337 e. The van der Waals surface area contributed by atoms with Crippen molar-refractivity contribution in [2.45, 2.75) is 12.5 Å². The standard InChI is InChI=1S/C20H22N2O5S/c1-27-20(24)15-7-9-16(10-8-15)21-13-19(23)22(17-5-3-2-4-6-17)18-11-12-28(25,26)14-18/h2-10,18,21H,11-14H2,1H3/t18-/m1/s1. The summed E-state index contributed by atoms with van der Waals surface area (Å²) in [6.07, 6.45) is 0.427. The highest BCUT2D eigenvalue weighted by molar-refractivity contribution is 7.91. The molecular formula is C20H22N2O5S. The van der Waals surface area contributed by atoms with Gasteiger partial charge in [-0.2, -0.15) is 0 Å².